The molecule has 1 heterocycles. The summed E-state index contributed by atoms with van der Waals surface area (Å²) in [6.07, 6.45) is 0.514. The van der Waals surface area contributed by atoms with E-state index < -0.39 is 5.97 Å². The molecule has 0 bridgehead atoms. The monoisotopic (exact) mass is 329 g/mol. The van der Waals surface area contributed by atoms with Crippen LogP contribution in [0.5, 0.6) is 11.5 Å². The van der Waals surface area contributed by atoms with Gasteiger partial charge in [0.15, 0.2) is 11.5 Å². The fourth-order valence-electron chi connectivity index (χ4n) is 2.48. The highest BCUT2D eigenvalue weighted by atomic mass is 79.9. The Morgan fingerprint density at radius 2 is 2.26 bits per heavy atom. The summed E-state index contributed by atoms with van der Waals surface area (Å²) in [6, 6.07) is 1.68. The normalized spacial score (nSPS) is 22.5. The first-order chi connectivity index (χ1) is 8.95. The molecule has 6 heteroatoms. The third-order valence-electron chi connectivity index (χ3n) is 3.50. The second-order valence-corrected chi connectivity index (χ2v) is 5.50. The largest absolute Gasteiger partial charge is 0.503 e. The number of carboxylic acids is 1. The van der Waals surface area contributed by atoms with E-state index >= 15 is 0 Å². The second-order valence-electron chi connectivity index (χ2n) is 4.70. The number of aromatic hydroxyl groups is 1. The first-order valence-electron chi connectivity index (χ1n) is 5.97. The summed E-state index contributed by atoms with van der Waals surface area (Å²) in [5.41, 5.74) is 1.84. The van der Waals surface area contributed by atoms with E-state index in [-0.39, 0.29) is 17.7 Å². The van der Waals surface area contributed by atoms with Crippen molar-refractivity contribution in [1.29, 1.82) is 0 Å². The molecule has 5 nitrogen and oxygen atoms in total. The second kappa shape index (κ2) is 5.38. The Labute approximate surface area is 119 Å². The van der Waals surface area contributed by atoms with Crippen LogP contribution in [0.2, 0.25) is 0 Å². The number of hydrogen-bond donors (Lipinski definition) is 3. The van der Waals surface area contributed by atoms with E-state index in [0.717, 1.165) is 11.1 Å². The zero-order valence-corrected chi connectivity index (χ0v) is 12.3. The summed E-state index contributed by atoms with van der Waals surface area (Å²) in [5.74, 6) is -0.730. The number of phenols is 1. The van der Waals surface area contributed by atoms with Gasteiger partial charge in [-0.1, -0.05) is 0 Å². The molecule has 1 aliphatic rings. The smallest absolute Gasteiger partial charge is 0.307 e. The van der Waals surface area contributed by atoms with Crippen LogP contribution in [-0.4, -0.2) is 29.8 Å². The SMILES string of the molecule is COc1cc(C)c(C2CC(C(=O)O)CN2)c(Br)c1O. The first-order valence-corrected chi connectivity index (χ1v) is 6.77. The van der Waals surface area contributed by atoms with Crippen molar-refractivity contribution in [3.8, 4) is 11.5 Å². The van der Waals surface area contributed by atoms with Crippen LogP contribution in [0.4, 0.5) is 0 Å². The quantitative estimate of drug-likeness (QED) is 0.792. The molecule has 0 spiro atoms. The molecular weight excluding hydrogens is 314 g/mol. The Kier molecular flexibility index (Phi) is 4.01. The van der Waals surface area contributed by atoms with E-state index in [9.17, 15) is 9.90 Å². The zero-order chi connectivity index (χ0) is 14.2. The number of carboxylic acid groups (broad SMARTS) is 1. The van der Waals surface area contributed by atoms with Crippen LogP contribution in [0, 0.1) is 12.8 Å². The highest BCUT2D eigenvalue weighted by Gasteiger charge is 2.33. The van der Waals surface area contributed by atoms with Crippen molar-refractivity contribution in [1.82, 2.24) is 5.32 Å². The van der Waals surface area contributed by atoms with Crippen molar-refractivity contribution < 1.29 is 19.7 Å². The van der Waals surface area contributed by atoms with Gasteiger partial charge in [0.1, 0.15) is 0 Å². The number of halogens is 1. The van der Waals surface area contributed by atoms with Gasteiger partial charge in [0.05, 0.1) is 17.5 Å². The van der Waals surface area contributed by atoms with Gasteiger partial charge in [-0.05, 0) is 46.5 Å². The molecule has 2 rings (SSSR count). The van der Waals surface area contributed by atoms with Gasteiger partial charge < -0.3 is 20.3 Å². The topological polar surface area (TPSA) is 78.8 Å². The van der Waals surface area contributed by atoms with Crippen LogP contribution in [0.3, 0.4) is 0 Å². The van der Waals surface area contributed by atoms with Gasteiger partial charge in [0.2, 0.25) is 0 Å². The summed E-state index contributed by atoms with van der Waals surface area (Å²) in [5, 5.41) is 22.2. The van der Waals surface area contributed by atoms with Gasteiger partial charge in [-0.15, -0.1) is 0 Å². The van der Waals surface area contributed by atoms with Gasteiger partial charge in [0.25, 0.3) is 0 Å². The fraction of sp³-hybridized carbons (Fsp3) is 0.462. The highest BCUT2D eigenvalue weighted by molar-refractivity contribution is 9.10. The average molecular weight is 330 g/mol. The lowest BCUT2D eigenvalue weighted by molar-refractivity contribution is -0.141. The van der Waals surface area contributed by atoms with Gasteiger partial charge in [0, 0.05) is 12.6 Å². The lowest BCUT2D eigenvalue weighted by Gasteiger charge is -2.18. The molecular formula is C13H16BrNO4. The molecule has 104 valence electrons. The third-order valence-corrected chi connectivity index (χ3v) is 4.30. The van der Waals surface area contributed by atoms with Crippen LogP contribution >= 0.6 is 15.9 Å². The number of ether oxygens (including phenoxy) is 1. The van der Waals surface area contributed by atoms with E-state index in [1.165, 1.54) is 7.11 Å². The zero-order valence-electron chi connectivity index (χ0n) is 10.7. The van der Waals surface area contributed by atoms with Crippen molar-refractivity contribution in [3.63, 3.8) is 0 Å². The number of rotatable bonds is 3. The van der Waals surface area contributed by atoms with Crippen LogP contribution in [0.1, 0.15) is 23.6 Å². The molecule has 19 heavy (non-hydrogen) atoms. The maximum atomic E-state index is 11.0. The molecule has 1 aliphatic heterocycles. The number of hydrogen-bond acceptors (Lipinski definition) is 4. The summed E-state index contributed by atoms with van der Waals surface area (Å²) >= 11 is 3.37. The Hall–Kier alpha value is -1.27. The van der Waals surface area contributed by atoms with Crippen LogP contribution in [-0.2, 0) is 4.79 Å². The van der Waals surface area contributed by atoms with Crippen LogP contribution < -0.4 is 10.1 Å². The Morgan fingerprint density at radius 1 is 1.58 bits per heavy atom. The number of phenolic OH excluding ortho intramolecular Hbond substituents is 1. The Morgan fingerprint density at radius 3 is 2.79 bits per heavy atom. The average Bonchev–Trinajstić information content (AvgIpc) is 2.83. The number of nitrogens with one attached hydrogen (secondary N) is 1. The maximum absolute atomic E-state index is 11.0. The molecule has 1 aromatic rings. The Balaban J connectivity index is 2.36. The number of aryl methyl sites for hydroxylation is 1. The summed E-state index contributed by atoms with van der Waals surface area (Å²) in [6.45, 7) is 2.36. The number of benzene rings is 1. The number of methoxy groups -OCH3 is 1. The minimum atomic E-state index is -0.790. The maximum Gasteiger partial charge on any atom is 0.307 e. The van der Waals surface area contributed by atoms with Crippen LogP contribution in [0.15, 0.2) is 10.5 Å². The molecule has 2 atom stereocenters. The summed E-state index contributed by atoms with van der Waals surface area (Å²) in [7, 11) is 1.49. The molecule has 1 fully saturated rings. The minimum Gasteiger partial charge on any atom is -0.503 e. The molecule has 0 radical (unpaired) electrons. The van der Waals surface area contributed by atoms with Crippen LogP contribution in [0.25, 0.3) is 0 Å². The molecule has 2 unspecified atom stereocenters. The standard InChI is InChI=1S/C13H16BrNO4/c1-6-3-9(19-2)12(16)11(14)10(6)8-4-7(5-15-8)13(17)18/h3,7-8,15-16H,4-5H2,1-2H3,(H,17,18). The fourth-order valence-corrected chi connectivity index (χ4v) is 3.26. The molecule has 0 saturated carbocycles. The van der Waals surface area contributed by atoms with Crippen molar-refractivity contribution in [2.24, 2.45) is 5.92 Å². The first kappa shape index (κ1) is 14.1. The highest BCUT2D eigenvalue weighted by Crippen LogP contribution is 2.43. The van der Waals surface area contributed by atoms with E-state index in [4.69, 9.17) is 9.84 Å². The van der Waals surface area contributed by atoms with E-state index in [2.05, 4.69) is 21.2 Å². The molecule has 0 aliphatic carbocycles. The van der Waals surface area contributed by atoms with Gasteiger partial charge in [-0.25, -0.2) is 0 Å². The molecule has 1 aromatic carbocycles. The number of aliphatic carboxylic acids is 1. The minimum absolute atomic E-state index is 0.0451. The molecule has 0 amide bonds. The van der Waals surface area contributed by atoms with Crippen molar-refractivity contribution in [2.45, 2.75) is 19.4 Å². The predicted octanol–water partition coefficient (Wildman–Crippen LogP) is 2.21. The number of carbonyl (C=O) groups is 1. The lowest BCUT2D eigenvalue weighted by atomic mass is 9.96. The predicted molar refractivity (Wildman–Crippen MR) is 73.6 cm³/mol. The van der Waals surface area contributed by atoms with Gasteiger partial charge >= 0.3 is 5.97 Å². The van der Waals surface area contributed by atoms with Crippen molar-refractivity contribution in [3.05, 3.63) is 21.7 Å². The van der Waals surface area contributed by atoms with Crippen molar-refractivity contribution >= 4 is 21.9 Å². The van der Waals surface area contributed by atoms with E-state index in [1.54, 1.807) is 6.07 Å². The lowest BCUT2D eigenvalue weighted by Crippen LogP contribution is -2.17. The molecule has 3 N–H and O–H groups in total. The summed E-state index contributed by atoms with van der Waals surface area (Å²) in [4.78, 5) is 11.0. The summed E-state index contributed by atoms with van der Waals surface area (Å²) < 4.78 is 5.65. The third kappa shape index (κ3) is 2.55. The van der Waals surface area contributed by atoms with E-state index in [0.29, 0.717) is 23.2 Å². The van der Waals surface area contributed by atoms with Crippen molar-refractivity contribution in [2.75, 3.05) is 13.7 Å². The van der Waals surface area contributed by atoms with E-state index in [1.807, 2.05) is 6.92 Å². The molecule has 0 aromatic heterocycles. The van der Waals surface area contributed by atoms with Gasteiger partial charge in [-0.3, -0.25) is 4.79 Å². The Bertz CT molecular complexity index is 518. The molecule has 1 saturated heterocycles. The van der Waals surface area contributed by atoms with Gasteiger partial charge in [-0.2, -0.15) is 0 Å².